The SMILES string of the molecule is c1ccc(-c2cc(-c3ccc4c(c3)C3(c5ccccc5Oc5ccccc53)c3cc(-c5ccc(-c6ccccc6)c6cccnc56)ccc3-4)nc(-c3ccccc3)n2)cc1. The van der Waals surface area contributed by atoms with E-state index < -0.39 is 5.41 Å². The Morgan fingerprint density at radius 3 is 1.53 bits per heavy atom. The average Bonchev–Trinajstić information content (AvgIpc) is 3.61. The van der Waals surface area contributed by atoms with Crippen molar-refractivity contribution in [3.63, 3.8) is 0 Å². The molecule has 0 N–H and O–H groups in total. The number of pyridine rings is 1. The summed E-state index contributed by atoms with van der Waals surface area (Å²) in [5, 5.41) is 1.13. The molecule has 0 saturated heterocycles. The van der Waals surface area contributed by atoms with Crippen molar-refractivity contribution >= 4 is 10.9 Å². The summed E-state index contributed by atoms with van der Waals surface area (Å²) in [7, 11) is 0. The van der Waals surface area contributed by atoms with Crippen LogP contribution in [-0.2, 0) is 5.41 Å². The number of hydrogen-bond donors (Lipinski definition) is 0. The molecule has 3 heterocycles. The predicted molar refractivity (Wildman–Crippen MR) is 242 cm³/mol. The molecule has 0 fully saturated rings. The summed E-state index contributed by atoms with van der Waals surface area (Å²) in [6.07, 6.45) is 1.90. The highest BCUT2D eigenvalue weighted by Gasteiger charge is 2.51. The van der Waals surface area contributed by atoms with Crippen molar-refractivity contribution in [1.82, 2.24) is 15.0 Å². The Balaban J connectivity index is 1.11. The van der Waals surface area contributed by atoms with Crippen molar-refractivity contribution in [2.24, 2.45) is 0 Å². The Hall–Kier alpha value is -7.95. The minimum Gasteiger partial charge on any atom is -0.457 e. The molecular formula is C56H35N3O. The molecule has 4 nitrogen and oxygen atoms in total. The zero-order valence-electron chi connectivity index (χ0n) is 32.5. The van der Waals surface area contributed by atoms with Gasteiger partial charge in [0.2, 0.25) is 0 Å². The van der Waals surface area contributed by atoms with Gasteiger partial charge in [-0.3, -0.25) is 4.98 Å². The number of fused-ring (bicyclic) bond motifs is 10. The van der Waals surface area contributed by atoms with Gasteiger partial charge in [0.15, 0.2) is 5.82 Å². The van der Waals surface area contributed by atoms with Crippen molar-refractivity contribution < 1.29 is 4.74 Å². The van der Waals surface area contributed by atoms with E-state index in [0.29, 0.717) is 5.82 Å². The lowest BCUT2D eigenvalue weighted by Crippen LogP contribution is -2.32. The second kappa shape index (κ2) is 13.6. The van der Waals surface area contributed by atoms with Gasteiger partial charge in [0.25, 0.3) is 0 Å². The minimum atomic E-state index is -0.688. The van der Waals surface area contributed by atoms with Crippen molar-refractivity contribution in [1.29, 1.82) is 0 Å². The summed E-state index contributed by atoms with van der Waals surface area (Å²) in [4.78, 5) is 15.4. The fourth-order valence-corrected chi connectivity index (χ4v) is 9.57. The molecule has 280 valence electrons. The molecular weight excluding hydrogens is 731 g/mol. The van der Waals surface area contributed by atoms with E-state index in [9.17, 15) is 0 Å². The summed E-state index contributed by atoms with van der Waals surface area (Å²) in [5.41, 5.74) is 16.6. The number of benzene rings is 8. The van der Waals surface area contributed by atoms with Crippen LogP contribution in [0, 0.1) is 0 Å². The summed E-state index contributed by atoms with van der Waals surface area (Å²) in [6, 6.07) is 72.9. The molecule has 0 radical (unpaired) electrons. The van der Waals surface area contributed by atoms with Gasteiger partial charge in [-0.1, -0.05) is 170 Å². The molecule has 1 aliphatic carbocycles. The number of aromatic nitrogens is 3. The number of para-hydroxylation sites is 2. The normalized spacial score (nSPS) is 12.9. The maximum atomic E-state index is 6.74. The summed E-state index contributed by atoms with van der Waals surface area (Å²) < 4.78 is 6.74. The highest BCUT2D eigenvalue weighted by molar-refractivity contribution is 6.03. The maximum absolute atomic E-state index is 6.74. The summed E-state index contributed by atoms with van der Waals surface area (Å²) in [5.74, 6) is 2.39. The third-order valence-corrected chi connectivity index (χ3v) is 12.2. The standard InChI is InChI=1S/C56H35N3O/c1-4-15-36(16-5-1)41-30-31-42(54-45(41)21-14-32-57-54)39-26-28-43-44-29-27-40(51-35-50(37-17-6-2-7-18-37)58-55(59-51)38-19-8-3-9-20-38)34-49(44)56(48(43)33-39)46-22-10-12-24-52(46)60-53-25-13-11-23-47(53)56/h1-35H. The topological polar surface area (TPSA) is 47.9 Å². The molecule has 4 heteroatoms. The van der Waals surface area contributed by atoms with Gasteiger partial charge in [-0.05, 0) is 75.3 Å². The van der Waals surface area contributed by atoms with Crippen LogP contribution >= 0.6 is 0 Å². The third-order valence-electron chi connectivity index (χ3n) is 12.2. The third kappa shape index (κ3) is 5.21. The highest BCUT2D eigenvalue weighted by Crippen LogP contribution is 2.63. The van der Waals surface area contributed by atoms with Gasteiger partial charge in [0, 0.05) is 45.0 Å². The van der Waals surface area contributed by atoms with Crippen molar-refractivity contribution in [3.8, 4) is 78.8 Å². The van der Waals surface area contributed by atoms with Crippen molar-refractivity contribution in [2.45, 2.75) is 5.41 Å². The van der Waals surface area contributed by atoms with Gasteiger partial charge in [-0.25, -0.2) is 9.97 Å². The van der Waals surface area contributed by atoms with Gasteiger partial charge < -0.3 is 4.74 Å². The lowest BCUT2D eigenvalue weighted by molar-refractivity contribution is 0.436. The molecule has 60 heavy (non-hydrogen) atoms. The number of ether oxygens (including phenoxy) is 1. The second-order valence-corrected chi connectivity index (χ2v) is 15.5. The fourth-order valence-electron chi connectivity index (χ4n) is 9.57. The van der Waals surface area contributed by atoms with Gasteiger partial charge >= 0.3 is 0 Å². The number of hydrogen-bond acceptors (Lipinski definition) is 4. The number of rotatable bonds is 5. The molecule has 8 aromatic carbocycles. The zero-order chi connectivity index (χ0) is 39.6. The lowest BCUT2D eigenvalue weighted by atomic mass is 9.65. The Morgan fingerprint density at radius 1 is 0.350 bits per heavy atom. The van der Waals surface area contributed by atoms with Crippen LogP contribution in [0.25, 0.3) is 78.2 Å². The smallest absolute Gasteiger partial charge is 0.160 e. The van der Waals surface area contributed by atoms with Crippen LogP contribution in [-0.4, -0.2) is 15.0 Å². The van der Waals surface area contributed by atoms with E-state index in [1.54, 1.807) is 0 Å². The molecule has 1 spiro atoms. The van der Waals surface area contributed by atoms with Crippen LogP contribution in [0.2, 0.25) is 0 Å². The Bertz CT molecular complexity index is 3190. The van der Waals surface area contributed by atoms with Crippen LogP contribution in [0.15, 0.2) is 212 Å². The molecule has 0 atom stereocenters. The van der Waals surface area contributed by atoms with Crippen LogP contribution in [0.5, 0.6) is 11.5 Å². The minimum absolute atomic E-state index is 0.688. The monoisotopic (exact) mass is 765 g/mol. The van der Waals surface area contributed by atoms with Gasteiger partial charge in [-0.2, -0.15) is 0 Å². The zero-order valence-corrected chi connectivity index (χ0v) is 32.5. The molecule has 10 aromatic rings. The largest absolute Gasteiger partial charge is 0.457 e. The van der Waals surface area contributed by atoms with Crippen molar-refractivity contribution in [2.75, 3.05) is 0 Å². The summed E-state index contributed by atoms with van der Waals surface area (Å²) >= 11 is 0. The second-order valence-electron chi connectivity index (χ2n) is 15.5. The van der Waals surface area contributed by atoms with E-state index in [2.05, 4.69) is 176 Å². The van der Waals surface area contributed by atoms with Crippen LogP contribution < -0.4 is 4.74 Å². The van der Waals surface area contributed by atoms with Crippen LogP contribution in [0.4, 0.5) is 0 Å². The molecule has 0 amide bonds. The molecule has 1 aliphatic heterocycles. The molecule has 2 aliphatic rings. The van der Waals surface area contributed by atoms with E-state index >= 15 is 0 Å². The molecule has 0 saturated carbocycles. The molecule has 2 aromatic heterocycles. The van der Waals surface area contributed by atoms with Gasteiger partial charge in [-0.15, -0.1) is 0 Å². The fraction of sp³-hybridized carbons (Fsp3) is 0.0179. The van der Waals surface area contributed by atoms with Crippen LogP contribution in [0.1, 0.15) is 22.3 Å². The van der Waals surface area contributed by atoms with E-state index in [0.717, 1.165) is 72.7 Å². The van der Waals surface area contributed by atoms with Crippen molar-refractivity contribution in [3.05, 3.63) is 235 Å². The molecule has 0 bridgehead atoms. The Morgan fingerprint density at radius 2 is 0.867 bits per heavy atom. The quantitative estimate of drug-likeness (QED) is 0.175. The van der Waals surface area contributed by atoms with Gasteiger partial charge in [0.1, 0.15) is 11.5 Å². The Labute approximate surface area is 348 Å². The highest BCUT2D eigenvalue weighted by atomic mass is 16.5. The maximum Gasteiger partial charge on any atom is 0.160 e. The van der Waals surface area contributed by atoms with E-state index in [1.165, 1.54) is 33.4 Å². The number of nitrogens with zero attached hydrogens (tertiary/aromatic N) is 3. The first kappa shape index (κ1) is 34.1. The average molecular weight is 766 g/mol. The molecule has 12 rings (SSSR count). The predicted octanol–water partition coefficient (Wildman–Crippen LogP) is 13.8. The van der Waals surface area contributed by atoms with Crippen LogP contribution in [0.3, 0.4) is 0 Å². The lowest BCUT2D eigenvalue weighted by Gasteiger charge is -2.39. The van der Waals surface area contributed by atoms with E-state index in [1.807, 2.05) is 36.5 Å². The summed E-state index contributed by atoms with van der Waals surface area (Å²) in [6.45, 7) is 0. The Kier molecular flexibility index (Phi) is 7.72. The van der Waals surface area contributed by atoms with E-state index in [4.69, 9.17) is 19.7 Å². The first-order chi connectivity index (χ1) is 29.7. The van der Waals surface area contributed by atoms with Gasteiger partial charge in [0.05, 0.1) is 22.3 Å². The van der Waals surface area contributed by atoms with E-state index in [-0.39, 0.29) is 0 Å². The first-order valence-corrected chi connectivity index (χ1v) is 20.3. The molecule has 0 unspecified atom stereocenters. The first-order valence-electron chi connectivity index (χ1n) is 20.3.